The summed E-state index contributed by atoms with van der Waals surface area (Å²) in [4.78, 5) is 12.3. The van der Waals surface area contributed by atoms with Crippen molar-refractivity contribution >= 4 is 46.4 Å². The van der Waals surface area contributed by atoms with E-state index in [9.17, 15) is 9.90 Å². The molecular formula is C17H16ClNO5S. The second kappa shape index (κ2) is 6.93. The molecule has 0 radical (unpaired) electrons. The first kappa shape index (κ1) is 17.6. The molecule has 2 heterocycles. The number of nitrogens with zero attached hydrogens (tertiary/aromatic N) is 1. The van der Waals surface area contributed by atoms with E-state index in [1.165, 1.54) is 0 Å². The lowest BCUT2D eigenvalue weighted by molar-refractivity contribution is 0.0522. The van der Waals surface area contributed by atoms with Crippen LogP contribution in [0.5, 0.6) is 17.2 Å². The number of ether oxygens (including phenoxy) is 3. The highest BCUT2D eigenvalue weighted by Gasteiger charge is 2.25. The molecule has 8 heteroatoms. The Bertz CT molecular complexity index is 950. The fourth-order valence-corrected chi connectivity index (χ4v) is 3.37. The second-order valence-electron chi connectivity index (χ2n) is 5.22. The van der Waals surface area contributed by atoms with Gasteiger partial charge in [0, 0.05) is 17.1 Å². The number of hydrogen-bond acceptors (Lipinski definition) is 6. The van der Waals surface area contributed by atoms with Gasteiger partial charge in [-0.1, -0.05) is 18.3 Å². The number of allylic oxidation sites excluding steroid dienone is 2. The lowest BCUT2D eigenvalue weighted by atomic mass is 10.1. The van der Waals surface area contributed by atoms with Crippen LogP contribution in [0.2, 0.25) is 0 Å². The maximum absolute atomic E-state index is 12.3. The Morgan fingerprint density at radius 3 is 2.72 bits per heavy atom. The van der Waals surface area contributed by atoms with E-state index in [-0.39, 0.29) is 35.2 Å². The van der Waals surface area contributed by atoms with Gasteiger partial charge in [0.05, 0.1) is 18.0 Å². The molecule has 3 rings (SSSR count). The summed E-state index contributed by atoms with van der Waals surface area (Å²) in [5.41, 5.74) is 1.15. The summed E-state index contributed by atoms with van der Waals surface area (Å²) in [6.45, 7) is 3.75. The molecule has 0 fully saturated rings. The van der Waals surface area contributed by atoms with E-state index >= 15 is 0 Å². The molecule has 25 heavy (non-hydrogen) atoms. The molecule has 6 nitrogen and oxygen atoms in total. The Kier molecular flexibility index (Phi) is 4.87. The third-order valence-electron chi connectivity index (χ3n) is 3.88. The van der Waals surface area contributed by atoms with Crippen LogP contribution < -0.4 is 9.47 Å². The van der Waals surface area contributed by atoms with Gasteiger partial charge >= 0.3 is 5.97 Å². The number of benzene rings is 1. The number of aromatic nitrogens is 1. The molecule has 1 aliphatic rings. The number of halogens is 1. The zero-order chi connectivity index (χ0) is 18.1. The Balaban J connectivity index is 2.45. The maximum atomic E-state index is 12.3. The SMILES string of the molecule is CC=C(CCl)n1c(=S)c(C(=O)OCC)c(O)c2cc3c(cc21)OCO3. The molecule has 0 bridgehead atoms. The maximum Gasteiger partial charge on any atom is 0.345 e. The van der Waals surface area contributed by atoms with E-state index in [0.29, 0.717) is 28.1 Å². The van der Waals surface area contributed by atoms with Gasteiger partial charge in [-0.2, -0.15) is 0 Å². The van der Waals surface area contributed by atoms with Gasteiger partial charge in [-0.3, -0.25) is 0 Å². The number of carbonyl (C=O) groups excluding carboxylic acids is 1. The number of carbonyl (C=O) groups is 1. The summed E-state index contributed by atoms with van der Waals surface area (Å²) in [5.74, 6) is 0.237. The fourth-order valence-electron chi connectivity index (χ4n) is 2.70. The molecule has 0 amide bonds. The lowest BCUT2D eigenvalue weighted by Gasteiger charge is -2.17. The first-order valence-corrected chi connectivity index (χ1v) is 8.57. The quantitative estimate of drug-likeness (QED) is 0.489. The smallest absolute Gasteiger partial charge is 0.345 e. The molecule has 0 saturated heterocycles. The molecule has 0 unspecified atom stereocenters. The van der Waals surface area contributed by atoms with Crippen LogP contribution in [0.15, 0.2) is 18.2 Å². The van der Waals surface area contributed by atoms with Crippen molar-refractivity contribution in [2.45, 2.75) is 13.8 Å². The minimum atomic E-state index is -0.691. The van der Waals surface area contributed by atoms with Crippen molar-refractivity contribution in [3.05, 3.63) is 28.4 Å². The van der Waals surface area contributed by atoms with Crippen molar-refractivity contribution in [3.8, 4) is 17.2 Å². The standard InChI is InChI=1S/C17H16ClNO5S/c1-3-9(7-18)19-11-6-13-12(23-8-24-13)5-10(11)15(20)14(16(19)25)17(21)22-4-2/h3,5-6,20H,4,7-8H2,1-2H3. The predicted molar refractivity (Wildman–Crippen MR) is 97.2 cm³/mol. The van der Waals surface area contributed by atoms with Gasteiger partial charge in [-0.05, 0) is 19.9 Å². The normalized spacial score (nSPS) is 13.3. The van der Waals surface area contributed by atoms with Crippen LogP contribution in [0.3, 0.4) is 0 Å². The van der Waals surface area contributed by atoms with E-state index in [2.05, 4.69) is 0 Å². The summed E-state index contributed by atoms with van der Waals surface area (Å²) >= 11 is 11.5. The van der Waals surface area contributed by atoms with Gasteiger partial charge in [0.15, 0.2) is 11.5 Å². The molecule has 132 valence electrons. The minimum absolute atomic E-state index is 0.0762. The molecule has 0 atom stereocenters. The number of pyridine rings is 1. The highest BCUT2D eigenvalue weighted by Crippen LogP contribution is 2.41. The van der Waals surface area contributed by atoms with E-state index in [4.69, 9.17) is 38.0 Å². The number of fused-ring (bicyclic) bond motifs is 2. The van der Waals surface area contributed by atoms with Crippen molar-refractivity contribution in [2.75, 3.05) is 19.3 Å². The number of rotatable bonds is 4. The molecule has 1 aromatic heterocycles. The number of esters is 1. The predicted octanol–water partition coefficient (Wildman–Crippen LogP) is 4.08. The monoisotopic (exact) mass is 381 g/mol. The summed E-state index contributed by atoms with van der Waals surface area (Å²) < 4.78 is 17.6. The van der Waals surface area contributed by atoms with Gasteiger partial charge in [-0.15, -0.1) is 11.6 Å². The van der Waals surface area contributed by atoms with Crippen LogP contribution in [0.1, 0.15) is 24.2 Å². The van der Waals surface area contributed by atoms with Crippen molar-refractivity contribution < 1.29 is 24.1 Å². The van der Waals surface area contributed by atoms with Crippen molar-refractivity contribution in [1.29, 1.82) is 0 Å². The fraction of sp³-hybridized carbons (Fsp3) is 0.294. The molecule has 1 aliphatic heterocycles. The first-order valence-electron chi connectivity index (χ1n) is 7.63. The topological polar surface area (TPSA) is 69.9 Å². The number of alkyl halides is 1. The highest BCUT2D eigenvalue weighted by molar-refractivity contribution is 7.71. The third kappa shape index (κ3) is 2.83. The van der Waals surface area contributed by atoms with Gasteiger partial charge in [-0.25, -0.2) is 4.79 Å². The van der Waals surface area contributed by atoms with Crippen LogP contribution in [0.4, 0.5) is 0 Å². The van der Waals surface area contributed by atoms with Crippen LogP contribution >= 0.6 is 23.8 Å². The van der Waals surface area contributed by atoms with Crippen LogP contribution in [-0.4, -0.2) is 34.9 Å². The van der Waals surface area contributed by atoms with Crippen LogP contribution in [-0.2, 0) is 4.74 Å². The van der Waals surface area contributed by atoms with Gasteiger partial charge < -0.3 is 23.9 Å². The molecule has 1 aromatic carbocycles. The van der Waals surface area contributed by atoms with E-state index in [0.717, 1.165) is 0 Å². The lowest BCUT2D eigenvalue weighted by Crippen LogP contribution is -2.12. The number of aromatic hydroxyl groups is 1. The Hall–Kier alpha value is -2.25. The average molecular weight is 382 g/mol. The molecule has 2 aromatic rings. The first-order chi connectivity index (χ1) is 12.0. The zero-order valence-corrected chi connectivity index (χ0v) is 15.2. The van der Waals surface area contributed by atoms with E-state index in [1.807, 2.05) is 6.92 Å². The molecule has 1 N–H and O–H groups in total. The Labute approximate surface area is 154 Å². The van der Waals surface area contributed by atoms with Gasteiger partial charge in [0.25, 0.3) is 0 Å². The van der Waals surface area contributed by atoms with Crippen LogP contribution in [0.25, 0.3) is 16.6 Å². The second-order valence-corrected chi connectivity index (χ2v) is 5.87. The largest absolute Gasteiger partial charge is 0.506 e. The Morgan fingerprint density at radius 1 is 1.44 bits per heavy atom. The van der Waals surface area contributed by atoms with E-state index < -0.39 is 5.97 Å². The van der Waals surface area contributed by atoms with Gasteiger partial charge in [0.1, 0.15) is 16.0 Å². The molecular weight excluding hydrogens is 366 g/mol. The summed E-state index contributed by atoms with van der Waals surface area (Å²) in [6, 6.07) is 3.32. The van der Waals surface area contributed by atoms with Gasteiger partial charge in [0.2, 0.25) is 6.79 Å². The summed E-state index contributed by atoms with van der Waals surface area (Å²) in [5, 5.41) is 11.1. The third-order valence-corrected chi connectivity index (χ3v) is 4.54. The van der Waals surface area contributed by atoms with Crippen molar-refractivity contribution in [3.63, 3.8) is 0 Å². The summed E-state index contributed by atoms with van der Waals surface area (Å²) in [6.07, 6.45) is 1.79. The molecule has 0 saturated carbocycles. The molecule has 0 spiro atoms. The van der Waals surface area contributed by atoms with Crippen molar-refractivity contribution in [1.82, 2.24) is 4.57 Å². The van der Waals surface area contributed by atoms with Crippen LogP contribution in [0, 0.1) is 4.64 Å². The molecule has 0 aliphatic carbocycles. The summed E-state index contributed by atoms with van der Waals surface area (Å²) in [7, 11) is 0. The van der Waals surface area contributed by atoms with E-state index in [1.54, 1.807) is 29.7 Å². The minimum Gasteiger partial charge on any atom is -0.506 e. The Morgan fingerprint density at radius 2 is 2.12 bits per heavy atom. The number of hydrogen-bond donors (Lipinski definition) is 1. The van der Waals surface area contributed by atoms with Crippen molar-refractivity contribution in [2.24, 2.45) is 0 Å². The highest BCUT2D eigenvalue weighted by atomic mass is 35.5. The zero-order valence-electron chi connectivity index (χ0n) is 13.7. The average Bonchev–Trinajstić information content (AvgIpc) is 3.05.